The van der Waals surface area contributed by atoms with E-state index in [4.69, 9.17) is 0 Å². The Labute approximate surface area is 247 Å². The van der Waals surface area contributed by atoms with E-state index in [1.165, 1.54) is 6.07 Å². The summed E-state index contributed by atoms with van der Waals surface area (Å²) in [6, 6.07) is 19.1. The lowest BCUT2D eigenvalue weighted by Crippen LogP contribution is -2.52. The van der Waals surface area contributed by atoms with Gasteiger partial charge in [0.15, 0.2) is 11.6 Å². The molecule has 0 spiro atoms. The van der Waals surface area contributed by atoms with Gasteiger partial charge in [-0.15, -0.1) is 0 Å². The van der Waals surface area contributed by atoms with Gasteiger partial charge in [-0.2, -0.15) is 0 Å². The number of aryl methyl sites for hydroxylation is 1. The van der Waals surface area contributed by atoms with Crippen LogP contribution in [0.1, 0.15) is 49.8 Å². The number of halogens is 2. The molecule has 3 aromatic rings. The molecule has 7 nitrogen and oxygen atoms in total. The summed E-state index contributed by atoms with van der Waals surface area (Å²) >= 11 is 0. The van der Waals surface area contributed by atoms with Crippen molar-refractivity contribution in [1.82, 2.24) is 10.2 Å². The minimum atomic E-state index is -3.85. The normalized spacial score (nSPS) is 12.8. The van der Waals surface area contributed by atoms with Gasteiger partial charge in [0, 0.05) is 38.0 Å². The highest BCUT2D eigenvalue weighted by Gasteiger charge is 2.31. The maximum atomic E-state index is 13.9. The van der Waals surface area contributed by atoms with Crippen molar-refractivity contribution in [1.29, 1.82) is 0 Å². The summed E-state index contributed by atoms with van der Waals surface area (Å²) in [5.74, 6) is -2.85. The molecule has 3 aromatic carbocycles. The standard InChI is InChI=1S/C32H39F2N3O4S/c1-5-24(3)35-32(39)30(20-25-12-7-6-8-13-25)36(22-26-14-9-11-23(2)19-26)31(38)15-10-18-37(42(4,40)41)27-16-17-28(33)29(34)21-27/h6-9,11-14,16-17,19,21,24,30H,5,10,15,18,20,22H2,1-4H3,(H,35,39)/t24-,30+/m0/s1. The molecule has 0 unspecified atom stereocenters. The Balaban J connectivity index is 1.90. The number of amides is 2. The Morgan fingerprint density at radius 3 is 2.24 bits per heavy atom. The van der Waals surface area contributed by atoms with Gasteiger partial charge in [-0.1, -0.05) is 67.1 Å². The van der Waals surface area contributed by atoms with Gasteiger partial charge in [0.1, 0.15) is 6.04 Å². The van der Waals surface area contributed by atoms with Crippen molar-refractivity contribution in [2.75, 3.05) is 17.1 Å². The molecule has 0 saturated carbocycles. The molecule has 0 fully saturated rings. The smallest absolute Gasteiger partial charge is 0.243 e. The van der Waals surface area contributed by atoms with E-state index < -0.39 is 27.7 Å². The maximum absolute atomic E-state index is 13.9. The zero-order valence-corrected chi connectivity index (χ0v) is 25.3. The fourth-order valence-electron chi connectivity index (χ4n) is 4.65. The summed E-state index contributed by atoms with van der Waals surface area (Å²) in [5, 5.41) is 3.02. The molecule has 0 heterocycles. The molecule has 0 aliphatic carbocycles. The number of rotatable bonds is 14. The first kappa shape index (κ1) is 32.7. The second-order valence-electron chi connectivity index (χ2n) is 10.6. The van der Waals surface area contributed by atoms with Gasteiger partial charge < -0.3 is 10.2 Å². The van der Waals surface area contributed by atoms with Gasteiger partial charge in [0.25, 0.3) is 0 Å². The summed E-state index contributed by atoms with van der Waals surface area (Å²) < 4.78 is 53.3. The second kappa shape index (κ2) is 14.9. The van der Waals surface area contributed by atoms with E-state index in [0.29, 0.717) is 6.42 Å². The molecule has 1 N–H and O–H groups in total. The highest BCUT2D eigenvalue weighted by atomic mass is 32.2. The zero-order chi connectivity index (χ0) is 30.9. The lowest BCUT2D eigenvalue weighted by atomic mass is 10.0. The summed E-state index contributed by atoms with van der Waals surface area (Å²) in [4.78, 5) is 29.0. The van der Waals surface area contributed by atoms with E-state index in [-0.39, 0.29) is 49.5 Å². The summed E-state index contributed by atoms with van der Waals surface area (Å²) in [7, 11) is -3.85. The minimum absolute atomic E-state index is 0.0321. The Morgan fingerprint density at radius 1 is 0.929 bits per heavy atom. The molecule has 10 heteroatoms. The van der Waals surface area contributed by atoms with E-state index in [9.17, 15) is 26.8 Å². The Hall–Kier alpha value is -3.79. The first-order valence-corrected chi connectivity index (χ1v) is 15.9. The number of nitrogens with one attached hydrogen (secondary N) is 1. The summed E-state index contributed by atoms with van der Waals surface area (Å²) in [6.45, 7) is 5.88. The lowest BCUT2D eigenvalue weighted by molar-refractivity contribution is -0.141. The molecule has 0 radical (unpaired) electrons. The molecule has 0 aliphatic heterocycles. The largest absolute Gasteiger partial charge is 0.352 e. The van der Waals surface area contributed by atoms with E-state index >= 15 is 0 Å². The number of carbonyl (C=O) groups is 2. The van der Waals surface area contributed by atoms with Crippen molar-refractivity contribution in [3.05, 3.63) is 101 Å². The third-order valence-corrected chi connectivity index (χ3v) is 8.24. The number of anilines is 1. The topological polar surface area (TPSA) is 86.8 Å². The Kier molecular flexibility index (Phi) is 11.6. The van der Waals surface area contributed by atoms with Crippen molar-refractivity contribution in [2.24, 2.45) is 0 Å². The number of hydrogen-bond acceptors (Lipinski definition) is 4. The van der Waals surface area contributed by atoms with Crippen LogP contribution in [0.2, 0.25) is 0 Å². The average Bonchev–Trinajstić information content (AvgIpc) is 2.94. The monoisotopic (exact) mass is 599 g/mol. The first-order chi connectivity index (χ1) is 19.9. The van der Waals surface area contributed by atoms with Crippen LogP contribution < -0.4 is 9.62 Å². The molecule has 0 aliphatic rings. The van der Waals surface area contributed by atoms with E-state index in [2.05, 4.69) is 5.32 Å². The van der Waals surface area contributed by atoms with Crippen LogP contribution in [0.4, 0.5) is 14.5 Å². The van der Waals surface area contributed by atoms with Crippen molar-refractivity contribution in [2.45, 2.75) is 65.1 Å². The first-order valence-electron chi connectivity index (χ1n) is 14.0. The molecular formula is C32H39F2N3O4S. The maximum Gasteiger partial charge on any atom is 0.243 e. The van der Waals surface area contributed by atoms with Gasteiger partial charge in [0.05, 0.1) is 11.9 Å². The molecule has 3 rings (SSSR count). The fourth-order valence-corrected chi connectivity index (χ4v) is 5.60. The molecular weight excluding hydrogens is 560 g/mol. The van der Waals surface area contributed by atoms with Gasteiger partial charge in [-0.05, 0) is 49.9 Å². The van der Waals surface area contributed by atoms with Gasteiger partial charge >= 0.3 is 0 Å². The SMILES string of the molecule is CC[C@H](C)NC(=O)[C@@H](Cc1ccccc1)N(Cc1cccc(C)c1)C(=O)CCCN(c1ccc(F)c(F)c1)S(C)(=O)=O. The minimum Gasteiger partial charge on any atom is -0.352 e. The Morgan fingerprint density at radius 2 is 1.62 bits per heavy atom. The number of carbonyl (C=O) groups excluding carboxylic acids is 2. The van der Waals surface area contributed by atoms with Crippen LogP contribution in [0.3, 0.4) is 0 Å². The number of hydrogen-bond donors (Lipinski definition) is 1. The molecule has 2 amide bonds. The van der Waals surface area contributed by atoms with Crippen LogP contribution in [0.15, 0.2) is 72.8 Å². The van der Waals surface area contributed by atoms with Crippen LogP contribution >= 0.6 is 0 Å². The van der Waals surface area contributed by atoms with Gasteiger partial charge in [0.2, 0.25) is 21.8 Å². The predicted molar refractivity (Wildman–Crippen MR) is 161 cm³/mol. The van der Waals surface area contributed by atoms with Crippen molar-refractivity contribution >= 4 is 27.5 Å². The number of benzene rings is 3. The third kappa shape index (κ3) is 9.37. The van der Waals surface area contributed by atoms with Crippen LogP contribution in [0.5, 0.6) is 0 Å². The van der Waals surface area contributed by atoms with Crippen LogP contribution in [-0.4, -0.2) is 50.0 Å². The zero-order valence-electron chi connectivity index (χ0n) is 24.5. The van der Waals surface area contributed by atoms with E-state index in [1.807, 2.05) is 75.4 Å². The molecule has 0 bridgehead atoms. The van der Waals surface area contributed by atoms with Crippen molar-refractivity contribution in [3.8, 4) is 0 Å². The van der Waals surface area contributed by atoms with Gasteiger partial charge in [-0.25, -0.2) is 17.2 Å². The third-order valence-electron chi connectivity index (χ3n) is 7.05. The number of sulfonamides is 1. The highest BCUT2D eigenvalue weighted by Crippen LogP contribution is 2.22. The average molecular weight is 600 g/mol. The molecule has 0 saturated heterocycles. The van der Waals surface area contributed by atoms with Crippen molar-refractivity contribution < 1.29 is 26.8 Å². The molecule has 226 valence electrons. The molecule has 0 aromatic heterocycles. The van der Waals surface area contributed by atoms with Crippen LogP contribution in [-0.2, 0) is 32.6 Å². The quantitative estimate of drug-likeness (QED) is 0.270. The summed E-state index contributed by atoms with van der Waals surface area (Å²) in [5.41, 5.74) is 2.73. The van der Waals surface area contributed by atoms with Crippen LogP contribution in [0.25, 0.3) is 0 Å². The molecule has 42 heavy (non-hydrogen) atoms. The second-order valence-corrected chi connectivity index (χ2v) is 12.5. The molecule has 2 atom stereocenters. The van der Waals surface area contributed by atoms with E-state index in [0.717, 1.165) is 45.8 Å². The number of nitrogens with zero attached hydrogens (tertiary/aromatic N) is 2. The van der Waals surface area contributed by atoms with Crippen LogP contribution in [0, 0.1) is 18.6 Å². The summed E-state index contributed by atoms with van der Waals surface area (Å²) in [6.07, 6.45) is 2.02. The van der Waals surface area contributed by atoms with Gasteiger partial charge in [-0.3, -0.25) is 13.9 Å². The van der Waals surface area contributed by atoms with E-state index in [1.54, 1.807) is 4.90 Å². The predicted octanol–water partition coefficient (Wildman–Crippen LogP) is 5.37. The fraction of sp³-hybridized carbons (Fsp3) is 0.375. The Bertz CT molecular complexity index is 1470. The van der Waals surface area contributed by atoms with Crippen molar-refractivity contribution in [3.63, 3.8) is 0 Å². The lowest BCUT2D eigenvalue weighted by Gasteiger charge is -2.33. The highest BCUT2D eigenvalue weighted by molar-refractivity contribution is 7.92.